The average Bonchev–Trinajstić information content (AvgIpc) is 2.58. The molecule has 134 valence electrons. The smallest absolute Gasteiger partial charge is 0.251 e. The number of carbonyl (C=O) groups excluding carboxylic acids is 1. The molecule has 0 aromatic heterocycles. The average molecular weight is 356 g/mol. The maximum Gasteiger partial charge on any atom is 0.251 e. The zero-order valence-corrected chi connectivity index (χ0v) is 16.9. The van der Waals surface area contributed by atoms with Crippen molar-refractivity contribution in [3.63, 3.8) is 0 Å². The van der Waals surface area contributed by atoms with Gasteiger partial charge in [-0.3, -0.25) is 4.79 Å². The monoisotopic (exact) mass is 355 g/mol. The van der Waals surface area contributed by atoms with Gasteiger partial charge in [-0.2, -0.15) is 0 Å². The number of carbonyl (C=O) groups is 1. The van der Waals surface area contributed by atoms with Crippen LogP contribution in [-0.2, 0) is 4.43 Å². The van der Waals surface area contributed by atoms with Crippen LogP contribution in [0.3, 0.4) is 0 Å². The molecule has 0 heterocycles. The van der Waals surface area contributed by atoms with Gasteiger partial charge in [-0.15, -0.1) is 0 Å². The van der Waals surface area contributed by atoms with Crippen molar-refractivity contribution in [3.05, 3.63) is 71.8 Å². The van der Waals surface area contributed by atoms with E-state index in [-0.39, 0.29) is 17.0 Å². The van der Waals surface area contributed by atoms with Crippen molar-refractivity contribution in [3.8, 4) is 0 Å². The molecule has 0 fully saturated rings. The van der Waals surface area contributed by atoms with Gasteiger partial charge in [0.05, 0.1) is 6.10 Å². The Kier molecular flexibility index (Phi) is 6.19. The zero-order chi connectivity index (χ0) is 18.5. The first-order chi connectivity index (χ1) is 11.7. The molecule has 0 aliphatic carbocycles. The highest BCUT2D eigenvalue weighted by Crippen LogP contribution is 2.39. The normalized spacial score (nSPS) is 13.3. The fourth-order valence-corrected chi connectivity index (χ4v) is 3.59. The highest BCUT2D eigenvalue weighted by atomic mass is 28.4. The van der Waals surface area contributed by atoms with E-state index in [1.165, 1.54) is 0 Å². The molecule has 2 aromatic carbocycles. The molecule has 4 heteroatoms. The first kappa shape index (κ1) is 19.4. The van der Waals surface area contributed by atoms with Crippen LogP contribution < -0.4 is 5.32 Å². The van der Waals surface area contributed by atoms with Gasteiger partial charge in [-0.25, -0.2) is 0 Å². The fourth-order valence-electron chi connectivity index (χ4n) is 2.30. The molecule has 3 nitrogen and oxygen atoms in total. The van der Waals surface area contributed by atoms with E-state index in [1.54, 1.807) is 0 Å². The summed E-state index contributed by atoms with van der Waals surface area (Å²) in [6.45, 7) is 11.6. The van der Waals surface area contributed by atoms with E-state index in [0.29, 0.717) is 12.1 Å². The molecule has 1 atom stereocenters. The SMILES string of the molecule is CC(C)(C)[Si](C)(C)OC(CNC(=O)c1ccccc1)c1ccccc1. The van der Waals surface area contributed by atoms with E-state index in [0.717, 1.165) is 5.56 Å². The van der Waals surface area contributed by atoms with Crippen molar-refractivity contribution in [2.24, 2.45) is 0 Å². The minimum atomic E-state index is -1.95. The van der Waals surface area contributed by atoms with Crippen LogP contribution in [0.25, 0.3) is 0 Å². The quantitative estimate of drug-likeness (QED) is 0.725. The molecule has 0 bridgehead atoms. The predicted molar refractivity (Wildman–Crippen MR) is 106 cm³/mol. The Balaban J connectivity index is 2.14. The standard InChI is InChI=1S/C21H29NO2Si/c1-21(2,3)25(4,5)24-19(17-12-8-6-9-13-17)16-22-20(23)18-14-10-7-11-15-18/h6-15,19H,16H2,1-5H3,(H,22,23). The van der Waals surface area contributed by atoms with Gasteiger partial charge in [0.15, 0.2) is 8.32 Å². The molecule has 0 aliphatic rings. The summed E-state index contributed by atoms with van der Waals surface area (Å²) < 4.78 is 6.60. The Bertz CT molecular complexity index is 678. The molecule has 0 aliphatic heterocycles. The second kappa shape index (κ2) is 7.98. The molecule has 1 amide bonds. The molecule has 0 radical (unpaired) electrons. The molecular weight excluding hydrogens is 326 g/mol. The van der Waals surface area contributed by atoms with E-state index in [2.05, 4.69) is 51.3 Å². The lowest BCUT2D eigenvalue weighted by molar-refractivity contribution is 0.0921. The van der Waals surface area contributed by atoms with Crippen molar-refractivity contribution in [2.45, 2.75) is 45.0 Å². The third kappa shape index (κ3) is 5.28. The summed E-state index contributed by atoms with van der Waals surface area (Å²) >= 11 is 0. The van der Waals surface area contributed by atoms with E-state index < -0.39 is 8.32 Å². The molecule has 2 rings (SSSR count). The van der Waals surface area contributed by atoms with Gasteiger partial charge < -0.3 is 9.74 Å². The number of benzene rings is 2. The van der Waals surface area contributed by atoms with Crippen molar-refractivity contribution in [1.29, 1.82) is 0 Å². The highest BCUT2D eigenvalue weighted by molar-refractivity contribution is 6.74. The minimum absolute atomic E-state index is 0.0691. The van der Waals surface area contributed by atoms with Crippen LogP contribution in [0.15, 0.2) is 60.7 Å². The predicted octanol–water partition coefficient (Wildman–Crippen LogP) is 5.18. The fraction of sp³-hybridized carbons (Fsp3) is 0.381. The van der Waals surface area contributed by atoms with Crippen LogP contribution in [0.2, 0.25) is 18.1 Å². The number of amides is 1. The minimum Gasteiger partial charge on any atom is -0.408 e. The molecule has 2 aromatic rings. The first-order valence-electron chi connectivity index (χ1n) is 8.77. The third-order valence-corrected chi connectivity index (χ3v) is 9.38. The molecule has 0 spiro atoms. The van der Waals surface area contributed by atoms with Crippen LogP contribution >= 0.6 is 0 Å². The Hall–Kier alpha value is -1.91. The van der Waals surface area contributed by atoms with Crippen LogP contribution in [0.1, 0.15) is 42.8 Å². The summed E-state index contributed by atoms with van der Waals surface area (Å²) in [4.78, 5) is 12.4. The molecule has 1 N–H and O–H groups in total. The Morgan fingerprint density at radius 3 is 2.04 bits per heavy atom. The Morgan fingerprint density at radius 2 is 1.52 bits per heavy atom. The molecule has 25 heavy (non-hydrogen) atoms. The number of hydrogen-bond donors (Lipinski definition) is 1. The zero-order valence-electron chi connectivity index (χ0n) is 15.9. The molecule has 0 saturated carbocycles. The van der Waals surface area contributed by atoms with Gasteiger partial charge in [-0.1, -0.05) is 69.3 Å². The molecule has 0 saturated heterocycles. The van der Waals surface area contributed by atoms with Gasteiger partial charge in [0, 0.05) is 12.1 Å². The summed E-state index contributed by atoms with van der Waals surface area (Å²) in [7, 11) is -1.95. The van der Waals surface area contributed by atoms with Crippen molar-refractivity contribution in [2.75, 3.05) is 6.54 Å². The van der Waals surface area contributed by atoms with Crippen molar-refractivity contribution in [1.82, 2.24) is 5.32 Å². The Morgan fingerprint density at radius 1 is 1.00 bits per heavy atom. The first-order valence-corrected chi connectivity index (χ1v) is 11.7. The summed E-state index contributed by atoms with van der Waals surface area (Å²) in [6, 6.07) is 19.4. The van der Waals surface area contributed by atoms with Gasteiger partial charge in [0.25, 0.3) is 5.91 Å². The van der Waals surface area contributed by atoms with Crippen molar-refractivity contribution >= 4 is 14.2 Å². The van der Waals surface area contributed by atoms with Crippen LogP contribution in [0.5, 0.6) is 0 Å². The van der Waals surface area contributed by atoms with E-state index >= 15 is 0 Å². The van der Waals surface area contributed by atoms with E-state index in [9.17, 15) is 4.79 Å². The summed E-state index contributed by atoms with van der Waals surface area (Å²) in [5.74, 6) is -0.0691. The number of hydrogen-bond acceptors (Lipinski definition) is 2. The summed E-state index contributed by atoms with van der Waals surface area (Å²) in [6.07, 6.45) is -0.144. The van der Waals surface area contributed by atoms with Gasteiger partial charge >= 0.3 is 0 Å². The van der Waals surface area contributed by atoms with Crippen LogP contribution in [0, 0.1) is 0 Å². The summed E-state index contributed by atoms with van der Waals surface area (Å²) in [5.41, 5.74) is 1.77. The number of nitrogens with one attached hydrogen (secondary N) is 1. The second-order valence-corrected chi connectivity index (χ2v) is 12.6. The van der Waals surface area contributed by atoms with E-state index in [1.807, 2.05) is 48.5 Å². The molecular formula is C21H29NO2Si. The maximum atomic E-state index is 12.4. The topological polar surface area (TPSA) is 38.3 Å². The highest BCUT2D eigenvalue weighted by Gasteiger charge is 2.39. The second-order valence-electron chi connectivity index (χ2n) is 7.85. The van der Waals surface area contributed by atoms with Gasteiger partial charge in [0.1, 0.15) is 0 Å². The lowest BCUT2D eigenvalue weighted by Gasteiger charge is -2.39. The van der Waals surface area contributed by atoms with Crippen LogP contribution in [-0.4, -0.2) is 20.8 Å². The van der Waals surface area contributed by atoms with E-state index in [4.69, 9.17) is 4.43 Å². The largest absolute Gasteiger partial charge is 0.408 e. The van der Waals surface area contributed by atoms with Gasteiger partial charge in [0.2, 0.25) is 0 Å². The Labute approximate surface area is 152 Å². The van der Waals surface area contributed by atoms with Gasteiger partial charge in [-0.05, 0) is 35.8 Å². The third-order valence-electron chi connectivity index (χ3n) is 4.90. The molecule has 1 unspecified atom stereocenters. The lowest BCUT2D eigenvalue weighted by Crippen LogP contribution is -2.44. The van der Waals surface area contributed by atoms with Crippen molar-refractivity contribution < 1.29 is 9.22 Å². The summed E-state index contributed by atoms with van der Waals surface area (Å²) in [5, 5.41) is 3.14. The van der Waals surface area contributed by atoms with Crippen LogP contribution in [0.4, 0.5) is 0 Å². The lowest BCUT2D eigenvalue weighted by atomic mass is 10.1. The number of rotatable bonds is 6. The maximum absolute atomic E-state index is 12.4.